The summed E-state index contributed by atoms with van der Waals surface area (Å²) in [6.45, 7) is 4.09. The van der Waals surface area contributed by atoms with Crippen molar-refractivity contribution in [1.82, 2.24) is 10.2 Å². The van der Waals surface area contributed by atoms with Gasteiger partial charge in [0, 0.05) is 5.39 Å². The Morgan fingerprint density at radius 2 is 2.28 bits per heavy atom. The molecule has 1 heterocycles. The van der Waals surface area contributed by atoms with E-state index in [1.807, 2.05) is 32.0 Å². The standard InChI is InChI=1S/C13H18N4O/c1-8(2)6-10(14)13(18)16-11-5-3-4-9-7-15-17-12(9)11/h3-5,7-8,10H,6,14H2,1-2H3,(H,15,17)(H,16,18)/t10-/m1/s1. The van der Waals surface area contributed by atoms with Crippen LogP contribution in [-0.2, 0) is 4.79 Å². The van der Waals surface area contributed by atoms with Gasteiger partial charge in [-0.15, -0.1) is 0 Å². The average Bonchev–Trinajstić information content (AvgIpc) is 2.77. The number of H-pyrrole nitrogens is 1. The second kappa shape index (κ2) is 5.18. The topological polar surface area (TPSA) is 83.8 Å². The molecule has 0 saturated carbocycles. The number of rotatable bonds is 4. The maximum atomic E-state index is 11.9. The summed E-state index contributed by atoms with van der Waals surface area (Å²) in [5, 5.41) is 10.6. The van der Waals surface area contributed by atoms with E-state index in [1.165, 1.54) is 0 Å². The molecule has 0 unspecified atom stereocenters. The van der Waals surface area contributed by atoms with Crippen molar-refractivity contribution in [3.05, 3.63) is 24.4 Å². The van der Waals surface area contributed by atoms with E-state index in [-0.39, 0.29) is 5.91 Å². The minimum atomic E-state index is -0.483. The summed E-state index contributed by atoms with van der Waals surface area (Å²) in [5.74, 6) is 0.236. The second-order valence-corrected chi connectivity index (χ2v) is 4.87. The number of carbonyl (C=O) groups is 1. The summed E-state index contributed by atoms with van der Waals surface area (Å²) in [6.07, 6.45) is 2.39. The number of nitrogens with one attached hydrogen (secondary N) is 2. The first-order valence-electron chi connectivity index (χ1n) is 6.06. The zero-order valence-electron chi connectivity index (χ0n) is 10.6. The van der Waals surface area contributed by atoms with Gasteiger partial charge in [-0.1, -0.05) is 26.0 Å². The van der Waals surface area contributed by atoms with Gasteiger partial charge in [0.2, 0.25) is 5.91 Å². The lowest BCUT2D eigenvalue weighted by molar-refractivity contribution is -0.117. The van der Waals surface area contributed by atoms with E-state index in [1.54, 1.807) is 6.20 Å². The van der Waals surface area contributed by atoms with Crippen LogP contribution >= 0.6 is 0 Å². The first-order chi connectivity index (χ1) is 8.58. The highest BCUT2D eigenvalue weighted by molar-refractivity contribution is 6.02. The zero-order chi connectivity index (χ0) is 13.1. The number of anilines is 1. The van der Waals surface area contributed by atoms with E-state index < -0.39 is 6.04 Å². The van der Waals surface area contributed by atoms with Crippen LogP contribution in [0.5, 0.6) is 0 Å². The molecule has 0 spiro atoms. The number of hydrogen-bond acceptors (Lipinski definition) is 3. The van der Waals surface area contributed by atoms with Gasteiger partial charge < -0.3 is 11.1 Å². The Kier molecular flexibility index (Phi) is 3.62. The van der Waals surface area contributed by atoms with Crippen LogP contribution in [0.25, 0.3) is 10.9 Å². The van der Waals surface area contributed by atoms with E-state index >= 15 is 0 Å². The number of amides is 1. The second-order valence-electron chi connectivity index (χ2n) is 4.87. The van der Waals surface area contributed by atoms with Gasteiger partial charge in [-0.3, -0.25) is 9.89 Å². The smallest absolute Gasteiger partial charge is 0.241 e. The summed E-state index contributed by atoms with van der Waals surface area (Å²) >= 11 is 0. The number of aromatic amines is 1. The molecule has 2 aromatic rings. The van der Waals surface area contributed by atoms with Crippen molar-refractivity contribution in [1.29, 1.82) is 0 Å². The van der Waals surface area contributed by atoms with Crippen LogP contribution in [0.4, 0.5) is 5.69 Å². The Morgan fingerprint density at radius 1 is 1.50 bits per heavy atom. The van der Waals surface area contributed by atoms with Gasteiger partial charge in [0.1, 0.15) is 0 Å². The van der Waals surface area contributed by atoms with Crippen LogP contribution in [0.15, 0.2) is 24.4 Å². The molecule has 1 amide bonds. The van der Waals surface area contributed by atoms with Crippen LogP contribution in [0.3, 0.4) is 0 Å². The summed E-state index contributed by atoms with van der Waals surface area (Å²) in [4.78, 5) is 11.9. The molecule has 0 bridgehead atoms. The largest absolute Gasteiger partial charge is 0.323 e. The minimum absolute atomic E-state index is 0.161. The van der Waals surface area contributed by atoms with Crippen molar-refractivity contribution in [3.63, 3.8) is 0 Å². The molecule has 1 aromatic heterocycles. The lowest BCUT2D eigenvalue weighted by Crippen LogP contribution is -2.36. The van der Waals surface area contributed by atoms with Crippen molar-refractivity contribution >= 4 is 22.5 Å². The van der Waals surface area contributed by atoms with Crippen LogP contribution < -0.4 is 11.1 Å². The number of para-hydroxylation sites is 1. The predicted octanol–water partition coefficient (Wildman–Crippen LogP) is 1.87. The molecule has 1 atom stereocenters. The molecular weight excluding hydrogens is 228 g/mol. The number of nitrogens with zero attached hydrogens (tertiary/aromatic N) is 1. The average molecular weight is 246 g/mol. The number of hydrogen-bond donors (Lipinski definition) is 3. The fourth-order valence-electron chi connectivity index (χ4n) is 1.91. The predicted molar refractivity (Wildman–Crippen MR) is 72.2 cm³/mol. The maximum Gasteiger partial charge on any atom is 0.241 e. The van der Waals surface area contributed by atoms with Crippen LogP contribution in [0, 0.1) is 5.92 Å². The quantitative estimate of drug-likeness (QED) is 0.770. The lowest BCUT2D eigenvalue weighted by atomic mass is 10.0. The van der Waals surface area contributed by atoms with Gasteiger partial charge in [0.25, 0.3) is 0 Å². The molecule has 18 heavy (non-hydrogen) atoms. The molecule has 4 N–H and O–H groups in total. The van der Waals surface area contributed by atoms with Gasteiger partial charge >= 0.3 is 0 Å². The van der Waals surface area contributed by atoms with Gasteiger partial charge in [-0.25, -0.2) is 0 Å². The van der Waals surface area contributed by atoms with Gasteiger partial charge in [0.05, 0.1) is 23.4 Å². The SMILES string of the molecule is CC(C)C[C@@H](N)C(=O)Nc1cccc2cn[nH]c12. The number of benzene rings is 1. The van der Waals surface area contributed by atoms with Crippen molar-refractivity contribution in [2.24, 2.45) is 11.7 Å². The minimum Gasteiger partial charge on any atom is -0.323 e. The highest BCUT2D eigenvalue weighted by atomic mass is 16.2. The zero-order valence-corrected chi connectivity index (χ0v) is 10.6. The first kappa shape index (κ1) is 12.6. The number of nitrogens with two attached hydrogens (primary N) is 1. The molecule has 5 nitrogen and oxygen atoms in total. The molecular formula is C13H18N4O. The van der Waals surface area contributed by atoms with Crippen LogP contribution in [0.1, 0.15) is 20.3 Å². The van der Waals surface area contributed by atoms with Gasteiger partial charge in [-0.2, -0.15) is 5.10 Å². The fourth-order valence-corrected chi connectivity index (χ4v) is 1.91. The van der Waals surface area contributed by atoms with E-state index in [0.717, 1.165) is 10.9 Å². The van der Waals surface area contributed by atoms with Crippen molar-refractivity contribution < 1.29 is 4.79 Å². The number of aromatic nitrogens is 2. The summed E-state index contributed by atoms with van der Waals surface area (Å²) in [7, 11) is 0. The lowest BCUT2D eigenvalue weighted by Gasteiger charge is -2.14. The molecule has 0 saturated heterocycles. The van der Waals surface area contributed by atoms with Crippen molar-refractivity contribution in [3.8, 4) is 0 Å². The summed E-state index contributed by atoms with van der Waals surface area (Å²) < 4.78 is 0. The van der Waals surface area contributed by atoms with E-state index in [9.17, 15) is 4.79 Å². The third kappa shape index (κ3) is 2.68. The number of fused-ring (bicyclic) bond motifs is 1. The van der Waals surface area contributed by atoms with Crippen LogP contribution in [0.2, 0.25) is 0 Å². The molecule has 0 aliphatic rings. The van der Waals surface area contributed by atoms with E-state index in [2.05, 4.69) is 15.5 Å². The Balaban J connectivity index is 2.14. The summed E-state index contributed by atoms with van der Waals surface area (Å²) in [6, 6.07) is 5.16. The van der Waals surface area contributed by atoms with Gasteiger partial charge in [-0.05, 0) is 18.4 Å². The molecule has 1 aromatic carbocycles. The Morgan fingerprint density at radius 3 is 3.00 bits per heavy atom. The molecule has 2 rings (SSSR count). The molecule has 0 aliphatic heterocycles. The monoisotopic (exact) mass is 246 g/mol. The summed E-state index contributed by atoms with van der Waals surface area (Å²) in [5.41, 5.74) is 7.39. The Bertz CT molecular complexity index is 547. The molecule has 0 aliphatic carbocycles. The first-order valence-corrected chi connectivity index (χ1v) is 6.06. The molecule has 96 valence electrons. The maximum absolute atomic E-state index is 11.9. The fraction of sp³-hybridized carbons (Fsp3) is 0.385. The third-order valence-electron chi connectivity index (χ3n) is 2.80. The highest BCUT2D eigenvalue weighted by Crippen LogP contribution is 2.20. The van der Waals surface area contributed by atoms with Crippen LogP contribution in [-0.4, -0.2) is 22.1 Å². The van der Waals surface area contributed by atoms with E-state index in [4.69, 9.17) is 5.73 Å². The van der Waals surface area contributed by atoms with Gasteiger partial charge in [0.15, 0.2) is 0 Å². The molecule has 5 heteroatoms. The molecule has 0 radical (unpaired) electrons. The Hall–Kier alpha value is -1.88. The van der Waals surface area contributed by atoms with Crippen molar-refractivity contribution in [2.75, 3.05) is 5.32 Å². The highest BCUT2D eigenvalue weighted by Gasteiger charge is 2.16. The number of carbonyl (C=O) groups excluding carboxylic acids is 1. The molecule has 0 fully saturated rings. The third-order valence-corrected chi connectivity index (χ3v) is 2.80. The Labute approximate surface area is 106 Å². The normalized spacial score (nSPS) is 12.9. The van der Waals surface area contributed by atoms with E-state index in [0.29, 0.717) is 18.0 Å². The van der Waals surface area contributed by atoms with Crippen molar-refractivity contribution in [2.45, 2.75) is 26.3 Å².